The van der Waals surface area contributed by atoms with Crippen molar-refractivity contribution >= 4 is 32.6 Å². The highest BCUT2D eigenvalue weighted by Crippen LogP contribution is 2.28. The van der Waals surface area contributed by atoms with Crippen LogP contribution in [0.1, 0.15) is 33.3 Å². The lowest BCUT2D eigenvalue weighted by atomic mass is 10.2. The molecule has 0 aliphatic carbocycles. The second kappa shape index (κ2) is 6.76. The Labute approximate surface area is 126 Å². The van der Waals surface area contributed by atoms with Crippen molar-refractivity contribution in [2.75, 3.05) is 7.11 Å². The number of thiol groups is 1. The third kappa shape index (κ3) is 4.34. The number of ether oxygens (including phenoxy) is 1. The van der Waals surface area contributed by atoms with E-state index in [1.807, 2.05) is 20.8 Å². The molecule has 1 unspecified atom stereocenters. The van der Waals surface area contributed by atoms with Gasteiger partial charge in [0.25, 0.3) is 0 Å². The predicted octanol–water partition coefficient (Wildman–Crippen LogP) is 3.10. The topological polar surface area (TPSA) is 76.4 Å². The van der Waals surface area contributed by atoms with Gasteiger partial charge in [-0.1, -0.05) is 0 Å². The molecule has 0 saturated carbocycles. The zero-order chi connectivity index (χ0) is 15.5. The van der Waals surface area contributed by atoms with Crippen molar-refractivity contribution in [2.45, 2.75) is 37.3 Å². The summed E-state index contributed by atoms with van der Waals surface area (Å²) in [5, 5.41) is 17.9. The first-order chi connectivity index (χ1) is 9.16. The first-order valence-electron chi connectivity index (χ1n) is 6.10. The third-order valence-electron chi connectivity index (χ3n) is 2.47. The molecule has 1 atom stereocenters. The quantitative estimate of drug-likeness (QED) is 0.264. The first-order valence-corrected chi connectivity index (χ1v) is 8.14. The van der Waals surface area contributed by atoms with Crippen LogP contribution in [0.4, 0.5) is 0 Å². The van der Waals surface area contributed by atoms with Gasteiger partial charge < -0.3 is 14.4 Å². The van der Waals surface area contributed by atoms with E-state index < -0.39 is 15.9 Å². The van der Waals surface area contributed by atoms with Crippen LogP contribution in [-0.4, -0.2) is 31.6 Å². The van der Waals surface area contributed by atoms with E-state index >= 15 is 0 Å². The lowest BCUT2D eigenvalue weighted by molar-refractivity contribution is 0.414. The molecule has 1 rings (SSSR count). The van der Waals surface area contributed by atoms with Gasteiger partial charge in [0, 0.05) is 16.1 Å². The Morgan fingerprint density at radius 3 is 2.45 bits per heavy atom. The van der Waals surface area contributed by atoms with Gasteiger partial charge in [-0.05, 0) is 45.9 Å². The summed E-state index contributed by atoms with van der Waals surface area (Å²) in [7, 11) is 1.55. The molecule has 0 radical (unpaired) electrons. The maximum absolute atomic E-state index is 12.4. The summed E-state index contributed by atoms with van der Waals surface area (Å²) in [5.74, 6) is 0.602. The summed E-state index contributed by atoms with van der Waals surface area (Å²) in [6.45, 7) is 7.09. The van der Waals surface area contributed by atoms with Crippen LogP contribution in [0.2, 0.25) is 0 Å². The van der Waals surface area contributed by atoms with E-state index in [0.717, 1.165) is 4.90 Å². The smallest absolute Gasteiger partial charge is 0.246 e. The van der Waals surface area contributed by atoms with Crippen LogP contribution < -0.4 is 4.74 Å². The van der Waals surface area contributed by atoms with Gasteiger partial charge in [-0.15, -0.1) is 11.4 Å². The second-order valence-corrected chi connectivity index (χ2v) is 8.78. The number of methoxy groups -OCH3 is 1. The number of rotatable bonds is 3. The van der Waals surface area contributed by atoms with Crippen molar-refractivity contribution in [2.24, 2.45) is 0 Å². The van der Waals surface area contributed by atoms with Crippen molar-refractivity contribution < 1.29 is 14.4 Å². The summed E-state index contributed by atoms with van der Waals surface area (Å²) in [6.07, 6.45) is 0. The van der Waals surface area contributed by atoms with Gasteiger partial charge in [-0.25, -0.2) is 0 Å². The van der Waals surface area contributed by atoms with Crippen LogP contribution >= 0.6 is 11.4 Å². The zero-order valence-electron chi connectivity index (χ0n) is 12.4. The lowest BCUT2D eigenvalue weighted by Gasteiger charge is -2.24. The Hall–Kier alpha value is -0.820. The van der Waals surface area contributed by atoms with Crippen LogP contribution in [0.15, 0.2) is 23.1 Å². The van der Waals surface area contributed by atoms with Gasteiger partial charge in [0.15, 0.2) is 0 Å². The average Bonchev–Trinajstić information content (AvgIpc) is 2.35. The Balaban J connectivity index is 3.33. The molecule has 2 N–H and O–H groups in total. The van der Waals surface area contributed by atoms with Crippen LogP contribution in [0, 0.1) is 5.41 Å². The molecule has 0 aliphatic rings. The molecule has 0 bridgehead atoms. The molecule has 0 heterocycles. The number of hydrogen-bond donors (Lipinski definition) is 3. The molecule has 1 aromatic rings. The third-order valence-corrected chi connectivity index (χ3v) is 5.13. The molecule has 1 aromatic carbocycles. The minimum absolute atomic E-state index is 0.0557. The fourth-order valence-electron chi connectivity index (χ4n) is 1.50. The van der Waals surface area contributed by atoms with Crippen molar-refractivity contribution in [3.8, 4) is 5.75 Å². The monoisotopic (exact) mass is 315 g/mol. The van der Waals surface area contributed by atoms with E-state index in [1.165, 1.54) is 0 Å². The second-order valence-electron chi connectivity index (χ2n) is 5.25. The number of aliphatic hydroxyl groups is 1. The van der Waals surface area contributed by atoms with Crippen LogP contribution in [0.5, 0.6) is 5.75 Å². The predicted molar refractivity (Wildman–Crippen MR) is 88.3 cm³/mol. The van der Waals surface area contributed by atoms with Crippen molar-refractivity contribution in [3.63, 3.8) is 0 Å². The summed E-state index contributed by atoms with van der Waals surface area (Å²) < 4.78 is 17.0. The first kappa shape index (κ1) is 17.2. The van der Waals surface area contributed by atoms with Gasteiger partial charge in [-0.3, -0.25) is 5.41 Å². The highest BCUT2D eigenvalue weighted by Gasteiger charge is 2.32. The number of benzene rings is 1. The van der Waals surface area contributed by atoms with Crippen molar-refractivity contribution in [1.82, 2.24) is 0 Å². The fraction of sp³-hybridized carbons (Fsp3) is 0.429. The van der Waals surface area contributed by atoms with Gasteiger partial charge in [-0.2, -0.15) is 0 Å². The van der Waals surface area contributed by atoms with Gasteiger partial charge >= 0.3 is 0 Å². The minimum Gasteiger partial charge on any atom is -0.610 e. The molecule has 0 aliphatic heterocycles. The zero-order valence-corrected chi connectivity index (χ0v) is 14.1. The summed E-state index contributed by atoms with van der Waals surface area (Å²) in [4.78, 5) is 0.744. The normalized spacial score (nSPS) is 14.4. The Morgan fingerprint density at radius 2 is 2.00 bits per heavy atom. The minimum atomic E-state index is -1.44. The van der Waals surface area contributed by atoms with E-state index in [0.29, 0.717) is 22.7 Å². The van der Waals surface area contributed by atoms with Crippen LogP contribution in [-0.2, 0) is 11.2 Å². The highest BCUT2D eigenvalue weighted by molar-refractivity contribution is 8.08. The van der Waals surface area contributed by atoms with Gasteiger partial charge in [0.1, 0.15) is 10.5 Å². The molecule has 0 fully saturated rings. The van der Waals surface area contributed by atoms with Crippen LogP contribution in [0.3, 0.4) is 0 Å². The SMILES string of the molecule is COc1ccc([SH]=C(C)O)c(C(=N)[S+]([O-])C(C)(C)C)c1. The summed E-state index contributed by atoms with van der Waals surface area (Å²) >= 11 is -0.831. The summed E-state index contributed by atoms with van der Waals surface area (Å²) in [5.41, 5.74) is 0.549. The Morgan fingerprint density at radius 1 is 1.40 bits per heavy atom. The lowest BCUT2D eigenvalue weighted by Crippen LogP contribution is -2.34. The maximum atomic E-state index is 12.4. The molecule has 4 nitrogen and oxygen atoms in total. The maximum Gasteiger partial charge on any atom is 0.246 e. The van der Waals surface area contributed by atoms with Crippen molar-refractivity contribution in [3.05, 3.63) is 23.8 Å². The molecule has 6 heteroatoms. The molecule has 0 spiro atoms. The van der Waals surface area contributed by atoms with E-state index in [2.05, 4.69) is 0 Å². The number of hydrogen-bond acceptors (Lipinski definition) is 3. The standard InChI is InChI=1S/C14H21NO3S2/c1-9(16)19-12-7-6-10(18-5)8-11(12)13(15)20(17)14(2,3)4/h6-8,15-16,19H,1-5H3. The summed E-state index contributed by atoms with van der Waals surface area (Å²) in [6, 6.07) is 5.24. The van der Waals surface area contributed by atoms with E-state index in [9.17, 15) is 9.66 Å². The van der Waals surface area contributed by atoms with E-state index in [1.54, 1.807) is 32.2 Å². The van der Waals surface area contributed by atoms with Crippen molar-refractivity contribution in [1.29, 1.82) is 5.41 Å². The number of nitrogens with one attached hydrogen (secondary N) is 1. The molecular weight excluding hydrogens is 294 g/mol. The average molecular weight is 315 g/mol. The fourth-order valence-corrected chi connectivity index (χ4v) is 3.35. The Kier molecular flexibility index (Phi) is 5.82. The van der Waals surface area contributed by atoms with E-state index in [-0.39, 0.29) is 10.1 Å². The van der Waals surface area contributed by atoms with Gasteiger partial charge in [0.05, 0.1) is 17.7 Å². The van der Waals surface area contributed by atoms with Gasteiger partial charge in [0.2, 0.25) is 5.04 Å². The molecule has 112 valence electrons. The largest absolute Gasteiger partial charge is 0.610 e. The molecular formula is C14H21NO3S2. The van der Waals surface area contributed by atoms with Crippen LogP contribution in [0.25, 0.3) is 0 Å². The molecule has 0 saturated heterocycles. The molecule has 0 amide bonds. The molecule has 0 aromatic heterocycles. The Bertz CT molecular complexity index is 532. The van der Waals surface area contributed by atoms with E-state index in [4.69, 9.17) is 10.1 Å². The molecule has 20 heavy (non-hydrogen) atoms. The highest BCUT2D eigenvalue weighted by atomic mass is 32.2. The number of aliphatic hydroxyl groups excluding tert-OH is 1.